The molecular weight excluding hydrogens is 541 g/mol. The fourth-order valence-corrected chi connectivity index (χ4v) is 5.66. The summed E-state index contributed by atoms with van der Waals surface area (Å²) in [6.45, 7) is -0.190. The van der Waals surface area contributed by atoms with Gasteiger partial charge >= 0.3 is 6.18 Å². The Balaban J connectivity index is 1.45. The second-order valence-electron chi connectivity index (χ2n) is 8.42. The molecule has 0 aliphatic heterocycles. The van der Waals surface area contributed by atoms with E-state index >= 15 is 0 Å². The molecule has 198 valence electrons. The first-order chi connectivity index (χ1) is 17.8. The minimum absolute atomic E-state index is 0.174. The predicted molar refractivity (Wildman–Crippen MR) is 135 cm³/mol. The molecule has 12 heteroatoms. The van der Waals surface area contributed by atoms with E-state index in [9.17, 15) is 34.8 Å². The Labute approximate surface area is 217 Å². The zero-order valence-corrected chi connectivity index (χ0v) is 21.4. The molecule has 0 spiro atoms. The highest BCUT2D eigenvalue weighted by Gasteiger charge is 2.30. The molecule has 38 heavy (non-hydrogen) atoms. The summed E-state index contributed by atoms with van der Waals surface area (Å²) in [5.41, 5.74) is 0.941. The number of nitrogens with zero attached hydrogens (tertiary/aromatic N) is 1. The van der Waals surface area contributed by atoms with Crippen molar-refractivity contribution in [2.24, 2.45) is 0 Å². The van der Waals surface area contributed by atoms with Crippen LogP contribution in [0.4, 0.5) is 13.2 Å². The summed E-state index contributed by atoms with van der Waals surface area (Å²) in [4.78, 5) is 12.8. The molecule has 0 unspecified atom stereocenters. The molecule has 1 aromatic heterocycles. The summed E-state index contributed by atoms with van der Waals surface area (Å²) in [6.07, 6.45) is -0.565. The fraction of sp³-hybridized carbons (Fsp3) is 0.115. The third-order valence-corrected chi connectivity index (χ3v) is 8.25. The van der Waals surface area contributed by atoms with E-state index in [1.54, 1.807) is 42.5 Å². The Kier molecular flexibility index (Phi) is 7.33. The number of alkyl halides is 3. The van der Waals surface area contributed by atoms with Crippen LogP contribution in [0.25, 0.3) is 11.1 Å². The van der Waals surface area contributed by atoms with Gasteiger partial charge < -0.3 is 0 Å². The van der Waals surface area contributed by atoms with E-state index in [0.29, 0.717) is 34.4 Å². The maximum absolute atomic E-state index is 12.9. The first-order valence-electron chi connectivity index (χ1n) is 11.0. The number of halogens is 3. The number of sulfone groups is 1. The van der Waals surface area contributed by atoms with Crippen molar-refractivity contribution in [1.29, 1.82) is 0 Å². The molecule has 0 saturated heterocycles. The van der Waals surface area contributed by atoms with Crippen molar-refractivity contribution < 1.29 is 34.8 Å². The molecular formula is C26H21F3N2O5S2. The third kappa shape index (κ3) is 6.04. The number of aromatic nitrogens is 1. The Morgan fingerprint density at radius 2 is 1.50 bits per heavy atom. The fourth-order valence-electron chi connectivity index (χ4n) is 3.73. The van der Waals surface area contributed by atoms with Crippen LogP contribution in [0.1, 0.15) is 21.5 Å². The Bertz CT molecular complexity index is 1690. The highest BCUT2D eigenvalue weighted by Crippen LogP contribution is 2.30. The van der Waals surface area contributed by atoms with Crippen molar-refractivity contribution in [2.45, 2.75) is 22.5 Å². The van der Waals surface area contributed by atoms with Crippen molar-refractivity contribution in [3.8, 4) is 11.1 Å². The van der Waals surface area contributed by atoms with Crippen LogP contribution in [0, 0.1) is 0 Å². The average Bonchev–Trinajstić information content (AvgIpc) is 3.35. The van der Waals surface area contributed by atoms with Crippen molar-refractivity contribution >= 4 is 25.8 Å². The smallest absolute Gasteiger partial charge is 0.290 e. The second-order valence-corrected chi connectivity index (χ2v) is 12.2. The second kappa shape index (κ2) is 10.2. The number of hydrogen-bond acceptors (Lipinski definition) is 5. The maximum Gasteiger partial charge on any atom is 0.416 e. The van der Waals surface area contributed by atoms with Gasteiger partial charge in [0.15, 0.2) is 9.84 Å². The number of carbonyl (C=O) groups excluding carboxylic acids is 1. The molecule has 0 atom stereocenters. The average molecular weight is 563 g/mol. The molecule has 3 aromatic carbocycles. The van der Waals surface area contributed by atoms with Crippen LogP contribution in [0.3, 0.4) is 0 Å². The molecule has 4 rings (SSSR count). The monoisotopic (exact) mass is 562 g/mol. The van der Waals surface area contributed by atoms with Gasteiger partial charge in [-0.05, 0) is 59.7 Å². The lowest BCUT2D eigenvalue weighted by atomic mass is 10.0. The predicted octanol–water partition coefficient (Wildman–Crippen LogP) is 4.74. The first-order valence-corrected chi connectivity index (χ1v) is 14.4. The molecule has 1 N–H and O–H groups in total. The lowest BCUT2D eigenvalue weighted by Gasteiger charge is -2.09. The van der Waals surface area contributed by atoms with Crippen molar-refractivity contribution in [1.82, 2.24) is 9.29 Å². The zero-order chi connectivity index (χ0) is 27.7. The topological polar surface area (TPSA) is 102 Å². The minimum Gasteiger partial charge on any atom is -0.290 e. The van der Waals surface area contributed by atoms with E-state index in [1.165, 1.54) is 29.1 Å². The molecule has 1 heterocycles. The summed E-state index contributed by atoms with van der Waals surface area (Å²) >= 11 is 0. The summed E-state index contributed by atoms with van der Waals surface area (Å²) < 4.78 is 90.8. The van der Waals surface area contributed by atoms with Crippen molar-refractivity contribution in [3.05, 3.63) is 108 Å². The SMILES string of the molecule is CS(=O)(=O)c1ccccc1-c1ccc(C(=O)n2ccc(CNS(=O)(=O)c3ccc(C(F)(F)F)cc3)c2)cc1. The molecule has 0 bridgehead atoms. The van der Waals surface area contributed by atoms with E-state index in [0.717, 1.165) is 18.4 Å². The molecule has 0 aliphatic rings. The van der Waals surface area contributed by atoms with E-state index < -0.39 is 37.5 Å². The molecule has 7 nitrogen and oxygen atoms in total. The van der Waals surface area contributed by atoms with Gasteiger partial charge in [0.1, 0.15) is 0 Å². The largest absolute Gasteiger partial charge is 0.416 e. The first kappa shape index (κ1) is 27.3. The van der Waals surface area contributed by atoms with Crippen molar-refractivity contribution in [2.75, 3.05) is 6.26 Å². The van der Waals surface area contributed by atoms with E-state index in [4.69, 9.17) is 0 Å². The minimum atomic E-state index is -4.58. The van der Waals surface area contributed by atoms with Crippen LogP contribution >= 0.6 is 0 Å². The van der Waals surface area contributed by atoms with Gasteiger partial charge in [-0.2, -0.15) is 13.2 Å². The van der Waals surface area contributed by atoms with Gasteiger partial charge in [0.25, 0.3) is 5.91 Å². The Morgan fingerprint density at radius 3 is 2.11 bits per heavy atom. The molecule has 4 aromatic rings. The van der Waals surface area contributed by atoms with E-state index in [-0.39, 0.29) is 16.3 Å². The summed E-state index contributed by atoms with van der Waals surface area (Å²) in [6, 6.07) is 17.6. The van der Waals surface area contributed by atoms with Gasteiger partial charge in [-0.25, -0.2) is 21.6 Å². The standard InChI is InChI=1S/C26H21F3N2O5S2/c1-37(33,34)24-5-3-2-4-23(24)19-6-8-20(9-7-19)25(32)31-15-14-18(17-31)16-30-38(35,36)22-12-10-21(11-13-22)26(27,28)29/h2-15,17,30H,16H2,1H3. The molecule has 0 saturated carbocycles. The summed E-state index contributed by atoms with van der Waals surface area (Å²) in [5, 5.41) is 0. The van der Waals surface area contributed by atoms with Gasteiger partial charge in [0.2, 0.25) is 10.0 Å². The van der Waals surface area contributed by atoms with Crippen LogP contribution in [-0.2, 0) is 32.6 Å². The maximum atomic E-state index is 12.9. The quantitative estimate of drug-likeness (QED) is 0.351. The van der Waals surface area contributed by atoms with Crippen LogP contribution in [-0.4, -0.2) is 33.6 Å². The van der Waals surface area contributed by atoms with Crippen LogP contribution in [0.2, 0.25) is 0 Å². The highest BCUT2D eigenvalue weighted by atomic mass is 32.2. The van der Waals surface area contributed by atoms with Gasteiger partial charge in [-0.15, -0.1) is 0 Å². The Morgan fingerprint density at radius 1 is 0.868 bits per heavy atom. The highest BCUT2D eigenvalue weighted by molar-refractivity contribution is 7.90. The van der Waals surface area contributed by atoms with Crippen molar-refractivity contribution in [3.63, 3.8) is 0 Å². The summed E-state index contributed by atoms with van der Waals surface area (Å²) in [5.74, 6) is -0.398. The number of hydrogen-bond donors (Lipinski definition) is 1. The van der Waals surface area contributed by atoms with Gasteiger partial charge in [0.05, 0.1) is 15.4 Å². The Hall–Kier alpha value is -3.74. The number of sulfonamides is 1. The van der Waals surface area contributed by atoms with Gasteiger partial charge in [0, 0.05) is 36.3 Å². The number of rotatable bonds is 7. The van der Waals surface area contributed by atoms with E-state index in [2.05, 4.69) is 4.72 Å². The van der Waals surface area contributed by atoms with Crippen LogP contribution in [0.5, 0.6) is 0 Å². The van der Waals surface area contributed by atoms with Crippen LogP contribution < -0.4 is 4.72 Å². The number of nitrogens with one attached hydrogen (secondary N) is 1. The molecule has 0 radical (unpaired) electrons. The lowest BCUT2D eigenvalue weighted by molar-refractivity contribution is -0.137. The van der Waals surface area contributed by atoms with Gasteiger partial charge in [-0.1, -0.05) is 30.3 Å². The van der Waals surface area contributed by atoms with Gasteiger partial charge in [-0.3, -0.25) is 9.36 Å². The molecule has 0 amide bonds. The molecule has 0 fully saturated rings. The van der Waals surface area contributed by atoms with Crippen LogP contribution in [0.15, 0.2) is 101 Å². The normalized spacial score (nSPS) is 12.4. The third-order valence-electron chi connectivity index (χ3n) is 5.68. The number of benzene rings is 3. The zero-order valence-electron chi connectivity index (χ0n) is 19.8. The molecule has 0 aliphatic carbocycles. The van der Waals surface area contributed by atoms with E-state index in [1.807, 2.05) is 0 Å². The lowest BCUT2D eigenvalue weighted by Crippen LogP contribution is -2.23. The summed E-state index contributed by atoms with van der Waals surface area (Å²) in [7, 11) is -7.54. The number of carbonyl (C=O) groups is 1.